The summed E-state index contributed by atoms with van der Waals surface area (Å²) in [5.41, 5.74) is 1.85. The smallest absolute Gasteiger partial charge is 0.434 e. The third-order valence-corrected chi connectivity index (χ3v) is 2.37. The highest BCUT2D eigenvalue weighted by molar-refractivity contribution is 5.86. The molecular formula is C12H13NO3. The first-order valence-corrected chi connectivity index (χ1v) is 5.14. The number of ether oxygens (including phenoxy) is 2. The Bertz CT molecular complexity index is 516. The Morgan fingerprint density at radius 1 is 1.38 bits per heavy atom. The lowest BCUT2D eigenvalue weighted by Gasteiger charge is -2.02. The summed E-state index contributed by atoms with van der Waals surface area (Å²) in [5.74, 6) is 0.444. The molecule has 0 bridgehead atoms. The van der Waals surface area contributed by atoms with Gasteiger partial charge in [0, 0.05) is 16.5 Å². The van der Waals surface area contributed by atoms with E-state index in [1.54, 1.807) is 6.92 Å². The fourth-order valence-corrected chi connectivity index (χ4v) is 1.59. The third-order valence-electron chi connectivity index (χ3n) is 2.37. The third kappa shape index (κ3) is 1.86. The van der Waals surface area contributed by atoms with Crippen molar-refractivity contribution in [3.05, 3.63) is 29.8 Å². The number of para-hydroxylation sites is 1. The van der Waals surface area contributed by atoms with Crippen molar-refractivity contribution in [3.63, 3.8) is 0 Å². The zero-order chi connectivity index (χ0) is 11.5. The van der Waals surface area contributed by atoms with Crippen LogP contribution in [0.1, 0.15) is 12.5 Å². The first-order chi connectivity index (χ1) is 7.72. The average Bonchev–Trinajstić information content (AvgIpc) is 2.57. The molecule has 0 spiro atoms. The minimum Gasteiger partial charge on any atom is -0.434 e. The number of aromatic amines is 1. The second kappa shape index (κ2) is 4.26. The van der Waals surface area contributed by atoms with Crippen LogP contribution >= 0.6 is 0 Å². The Balaban J connectivity index is 2.31. The zero-order valence-electron chi connectivity index (χ0n) is 9.24. The summed E-state index contributed by atoms with van der Waals surface area (Å²) in [6, 6.07) is 7.77. The molecule has 1 heterocycles. The standard InChI is InChI=1S/C12H13NO3/c1-3-15-12(14)16-11-8(2)9-6-4-5-7-10(9)13-11/h4-7,13H,3H2,1-2H3. The number of carbonyl (C=O) groups is 1. The molecule has 0 saturated carbocycles. The van der Waals surface area contributed by atoms with Gasteiger partial charge in [0.05, 0.1) is 6.61 Å². The van der Waals surface area contributed by atoms with Crippen LogP contribution in [0.4, 0.5) is 4.79 Å². The van der Waals surface area contributed by atoms with Crippen LogP contribution in [0.15, 0.2) is 24.3 Å². The van der Waals surface area contributed by atoms with E-state index in [2.05, 4.69) is 4.98 Å². The summed E-state index contributed by atoms with van der Waals surface area (Å²) in [4.78, 5) is 14.2. The lowest BCUT2D eigenvalue weighted by atomic mass is 10.2. The van der Waals surface area contributed by atoms with Crippen molar-refractivity contribution >= 4 is 17.1 Å². The maximum atomic E-state index is 11.2. The highest BCUT2D eigenvalue weighted by Gasteiger charge is 2.12. The van der Waals surface area contributed by atoms with Gasteiger partial charge in [-0.15, -0.1) is 0 Å². The number of hydrogen-bond acceptors (Lipinski definition) is 3. The Labute approximate surface area is 93.2 Å². The molecule has 84 valence electrons. The van der Waals surface area contributed by atoms with Gasteiger partial charge in [-0.05, 0) is 19.9 Å². The van der Waals surface area contributed by atoms with E-state index >= 15 is 0 Å². The number of H-pyrrole nitrogens is 1. The molecule has 0 fully saturated rings. The van der Waals surface area contributed by atoms with Gasteiger partial charge < -0.3 is 14.5 Å². The number of fused-ring (bicyclic) bond motifs is 1. The quantitative estimate of drug-likeness (QED) is 0.790. The Morgan fingerprint density at radius 3 is 2.81 bits per heavy atom. The van der Waals surface area contributed by atoms with Crippen LogP contribution in [0.5, 0.6) is 5.88 Å². The van der Waals surface area contributed by atoms with Gasteiger partial charge in [0.25, 0.3) is 0 Å². The van der Waals surface area contributed by atoms with E-state index in [4.69, 9.17) is 9.47 Å². The van der Waals surface area contributed by atoms with Crippen LogP contribution in [0.3, 0.4) is 0 Å². The largest absolute Gasteiger partial charge is 0.515 e. The van der Waals surface area contributed by atoms with Gasteiger partial charge in [0.15, 0.2) is 0 Å². The molecule has 0 unspecified atom stereocenters. The van der Waals surface area contributed by atoms with Gasteiger partial charge in [-0.25, -0.2) is 4.79 Å². The maximum absolute atomic E-state index is 11.2. The van der Waals surface area contributed by atoms with Crippen molar-refractivity contribution in [3.8, 4) is 5.88 Å². The van der Waals surface area contributed by atoms with E-state index in [1.807, 2.05) is 31.2 Å². The van der Waals surface area contributed by atoms with Crippen molar-refractivity contribution in [1.29, 1.82) is 0 Å². The second-order valence-electron chi connectivity index (χ2n) is 3.41. The van der Waals surface area contributed by atoms with E-state index in [1.165, 1.54) is 0 Å². The fraction of sp³-hybridized carbons (Fsp3) is 0.250. The summed E-state index contributed by atoms with van der Waals surface area (Å²) in [5, 5.41) is 1.04. The molecule has 2 aromatic rings. The molecule has 1 aromatic carbocycles. The molecule has 1 aromatic heterocycles. The van der Waals surface area contributed by atoms with Gasteiger partial charge in [-0.1, -0.05) is 18.2 Å². The van der Waals surface area contributed by atoms with Crippen molar-refractivity contribution in [2.45, 2.75) is 13.8 Å². The highest BCUT2D eigenvalue weighted by Crippen LogP contribution is 2.26. The van der Waals surface area contributed by atoms with Crippen LogP contribution in [0.25, 0.3) is 10.9 Å². The summed E-state index contributed by atoms with van der Waals surface area (Å²) >= 11 is 0. The minimum absolute atomic E-state index is 0.304. The van der Waals surface area contributed by atoms with E-state index < -0.39 is 6.16 Å². The number of aromatic nitrogens is 1. The normalized spacial score (nSPS) is 10.4. The lowest BCUT2D eigenvalue weighted by molar-refractivity contribution is 0.103. The topological polar surface area (TPSA) is 51.3 Å². The fourth-order valence-electron chi connectivity index (χ4n) is 1.59. The van der Waals surface area contributed by atoms with Crippen LogP contribution < -0.4 is 4.74 Å². The SMILES string of the molecule is CCOC(=O)Oc1[nH]c2ccccc2c1C. The van der Waals surface area contributed by atoms with Gasteiger partial charge in [-0.3, -0.25) is 0 Å². The highest BCUT2D eigenvalue weighted by atomic mass is 16.7. The van der Waals surface area contributed by atoms with Gasteiger partial charge >= 0.3 is 6.16 Å². The van der Waals surface area contributed by atoms with Crippen molar-refractivity contribution < 1.29 is 14.3 Å². The van der Waals surface area contributed by atoms with Crippen molar-refractivity contribution in [2.75, 3.05) is 6.61 Å². The van der Waals surface area contributed by atoms with Crippen LogP contribution in [-0.4, -0.2) is 17.7 Å². The first kappa shape index (κ1) is 10.5. The summed E-state index contributed by atoms with van der Waals surface area (Å²) in [6.45, 7) is 3.94. The monoisotopic (exact) mass is 219 g/mol. The molecule has 0 aliphatic carbocycles. The summed E-state index contributed by atoms with van der Waals surface area (Å²) in [7, 11) is 0. The predicted octanol–water partition coefficient (Wildman–Crippen LogP) is 3.01. The van der Waals surface area contributed by atoms with E-state index in [0.29, 0.717) is 12.5 Å². The van der Waals surface area contributed by atoms with Crippen LogP contribution in [-0.2, 0) is 4.74 Å². The van der Waals surface area contributed by atoms with E-state index in [0.717, 1.165) is 16.5 Å². The molecule has 1 N–H and O–H groups in total. The second-order valence-corrected chi connectivity index (χ2v) is 3.41. The van der Waals surface area contributed by atoms with Crippen LogP contribution in [0.2, 0.25) is 0 Å². The average molecular weight is 219 g/mol. The molecule has 0 atom stereocenters. The number of rotatable bonds is 2. The number of hydrogen-bond donors (Lipinski definition) is 1. The Morgan fingerprint density at radius 2 is 2.12 bits per heavy atom. The molecular weight excluding hydrogens is 206 g/mol. The van der Waals surface area contributed by atoms with E-state index in [9.17, 15) is 4.79 Å². The van der Waals surface area contributed by atoms with Gasteiger partial charge in [0.1, 0.15) is 0 Å². The van der Waals surface area contributed by atoms with Crippen molar-refractivity contribution in [2.24, 2.45) is 0 Å². The van der Waals surface area contributed by atoms with Crippen molar-refractivity contribution in [1.82, 2.24) is 4.98 Å². The first-order valence-electron chi connectivity index (χ1n) is 5.14. The molecule has 2 rings (SSSR count). The Kier molecular flexibility index (Phi) is 2.81. The number of carbonyl (C=O) groups excluding carboxylic acids is 1. The molecule has 0 saturated heterocycles. The van der Waals surface area contributed by atoms with Crippen LogP contribution in [0, 0.1) is 6.92 Å². The lowest BCUT2D eigenvalue weighted by Crippen LogP contribution is -2.10. The van der Waals surface area contributed by atoms with Gasteiger partial charge in [0.2, 0.25) is 5.88 Å². The number of aryl methyl sites for hydroxylation is 1. The molecule has 0 aliphatic heterocycles. The number of benzene rings is 1. The molecule has 4 nitrogen and oxygen atoms in total. The molecule has 4 heteroatoms. The Hall–Kier alpha value is -1.97. The molecule has 0 radical (unpaired) electrons. The molecule has 0 aliphatic rings. The van der Waals surface area contributed by atoms with Gasteiger partial charge in [-0.2, -0.15) is 0 Å². The molecule has 16 heavy (non-hydrogen) atoms. The molecule has 0 amide bonds. The summed E-state index contributed by atoms with van der Waals surface area (Å²) in [6.07, 6.45) is -0.683. The zero-order valence-corrected chi connectivity index (χ0v) is 9.24. The number of nitrogens with one attached hydrogen (secondary N) is 1. The minimum atomic E-state index is -0.683. The summed E-state index contributed by atoms with van der Waals surface area (Å²) < 4.78 is 9.77. The predicted molar refractivity (Wildman–Crippen MR) is 60.7 cm³/mol. The van der Waals surface area contributed by atoms with E-state index in [-0.39, 0.29) is 0 Å². The maximum Gasteiger partial charge on any atom is 0.515 e.